The molecular weight excluding hydrogens is 508 g/mol. The summed E-state index contributed by atoms with van der Waals surface area (Å²) in [5.41, 5.74) is 2.33. The lowest BCUT2D eigenvalue weighted by Crippen LogP contribution is -2.52. The Balaban J connectivity index is 0.00000341. The Bertz CT molecular complexity index is 884. The van der Waals surface area contributed by atoms with Gasteiger partial charge in [0.15, 0.2) is 5.96 Å². The maximum Gasteiger partial charge on any atom is 0.251 e. The number of guanidine groups is 1. The number of hydrogen-bond donors (Lipinski definition) is 2. The number of carbonyl (C=O) groups is 1. The molecule has 168 valence electrons. The molecule has 8 heteroatoms. The lowest BCUT2D eigenvalue weighted by molar-refractivity contribution is 0.0953. The maximum atomic E-state index is 14.0. The van der Waals surface area contributed by atoms with Crippen LogP contribution < -0.4 is 15.5 Å². The van der Waals surface area contributed by atoms with E-state index in [2.05, 4.69) is 25.4 Å². The summed E-state index contributed by atoms with van der Waals surface area (Å²) < 4.78 is 14.0. The average Bonchev–Trinajstić information content (AvgIpc) is 2.79. The number of para-hydroxylation sites is 1. The number of amides is 1. The third kappa shape index (κ3) is 6.81. The molecule has 2 aromatic rings. The Morgan fingerprint density at radius 2 is 1.81 bits per heavy atom. The van der Waals surface area contributed by atoms with Gasteiger partial charge in [0.25, 0.3) is 5.91 Å². The van der Waals surface area contributed by atoms with Crippen molar-refractivity contribution in [1.29, 1.82) is 0 Å². The highest BCUT2D eigenvalue weighted by atomic mass is 127. The predicted molar refractivity (Wildman–Crippen MR) is 135 cm³/mol. The van der Waals surface area contributed by atoms with Crippen LogP contribution in [-0.4, -0.2) is 56.5 Å². The SMILES string of the molecule is CCCNC(=O)c1cccc(CNC(=NC)N2CCN(c3ccccc3F)CC2)c1.I. The molecule has 0 unspecified atom stereocenters. The zero-order valence-corrected chi connectivity index (χ0v) is 20.4. The second-order valence-corrected chi connectivity index (χ2v) is 7.28. The maximum absolute atomic E-state index is 14.0. The van der Waals surface area contributed by atoms with Gasteiger partial charge in [-0.15, -0.1) is 24.0 Å². The van der Waals surface area contributed by atoms with E-state index >= 15 is 0 Å². The van der Waals surface area contributed by atoms with Gasteiger partial charge in [0.2, 0.25) is 0 Å². The molecule has 1 amide bonds. The van der Waals surface area contributed by atoms with E-state index in [1.165, 1.54) is 6.07 Å². The minimum absolute atomic E-state index is 0. The number of aliphatic imine (C=N–C) groups is 1. The Labute approximate surface area is 200 Å². The Morgan fingerprint density at radius 1 is 1.06 bits per heavy atom. The molecule has 1 aliphatic heterocycles. The van der Waals surface area contributed by atoms with Gasteiger partial charge in [-0.1, -0.05) is 31.2 Å². The Morgan fingerprint density at radius 3 is 2.48 bits per heavy atom. The Kier molecular flexibility index (Phi) is 10.0. The summed E-state index contributed by atoms with van der Waals surface area (Å²) in [6.45, 7) is 6.26. The lowest BCUT2D eigenvalue weighted by Gasteiger charge is -2.37. The van der Waals surface area contributed by atoms with Gasteiger partial charge in [-0.05, 0) is 36.2 Å². The average molecular weight is 539 g/mol. The van der Waals surface area contributed by atoms with Gasteiger partial charge >= 0.3 is 0 Å². The monoisotopic (exact) mass is 539 g/mol. The summed E-state index contributed by atoms with van der Waals surface area (Å²) in [5.74, 6) is 0.577. The molecule has 0 radical (unpaired) electrons. The molecule has 2 aromatic carbocycles. The molecule has 0 spiro atoms. The molecule has 0 bridgehead atoms. The van der Waals surface area contributed by atoms with Gasteiger partial charge < -0.3 is 20.4 Å². The number of anilines is 1. The van der Waals surface area contributed by atoms with Gasteiger partial charge in [0, 0.05) is 51.9 Å². The van der Waals surface area contributed by atoms with E-state index in [0.717, 1.165) is 44.1 Å². The van der Waals surface area contributed by atoms with Crippen LogP contribution in [0.5, 0.6) is 0 Å². The molecule has 3 rings (SSSR count). The number of carbonyl (C=O) groups excluding carboxylic acids is 1. The van der Waals surface area contributed by atoms with Crippen molar-refractivity contribution in [3.63, 3.8) is 0 Å². The van der Waals surface area contributed by atoms with Crippen molar-refractivity contribution in [2.24, 2.45) is 4.99 Å². The van der Waals surface area contributed by atoms with E-state index in [1.807, 2.05) is 43.3 Å². The highest BCUT2D eigenvalue weighted by Gasteiger charge is 2.21. The number of hydrogen-bond acceptors (Lipinski definition) is 3. The van der Waals surface area contributed by atoms with E-state index < -0.39 is 0 Å². The summed E-state index contributed by atoms with van der Waals surface area (Å²) >= 11 is 0. The molecule has 0 aliphatic carbocycles. The number of piperazine rings is 1. The van der Waals surface area contributed by atoms with Crippen LogP contribution in [0.1, 0.15) is 29.3 Å². The minimum Gasteiger partial charge on any atom is -0.366 e. The van der Waals surface area contributed by atoms with Crippen molar-refractivity contribution < 1.29 is 9.18 Å². The zero-order valence-electron chi connectivity index (χ0n) is 18.1. The van der Waals surface area contributed by atoms with Crippen molar-refractivity contribution in [3.8, 4) is 0 Å². The highest BCUT2D eigenvalue weighted by molar-refractivity contribution is 14.0. The fourth-order valence-corrected chi connectivity index (χ4v) is 3.54. The van der Waals surface area contributed by atoms with Crippen molar-refractivity contribution in [2.45, 2.75) is 19.9 Å². The quantitative estimate of drug-likeness (QED) is 0.336. The Hall–Kier alpha value is -2.36. The lowest BCUT2D eigenvalue weighted by atomic mass is 10.1. The first-order valence-electron chi connectivity index (χ1n) is 10.4. The number of halogens is 2. The second-order valence-electron chi connectivity index (χ2n) is 7.28. The topological polar surface area (TPSA) is 60.0 Å². The van der Waals surface area contributed by atoms with Crippen LogP contribution in [0.15, 0.2) is 53.5 Å². The largest absolute Gasteiger partial charge is 0.366 e. The van der Waals surface area contributed by atoms with E-state index in [-0.39, 0.29) is 35.7 Å². The summed E-state index contributed by atoms with van der Waals surface area (Å²) in [4.78, 5) is 20.8. The van der Waals surface area contributed by atoms with Gasteiger partial charge in [-0.2, -0.15) is 0 Å². The molecule has 1 heterocycles. The van der Waals surface area contributed by atoms with Gasteiger partial charge in [0.1, 0.15) is 5.82 Å². The number of nitrogens with one attached hydrogen (secondary N) is 2. The van der Waals surface area contributed by atoms with Crippen LogP contribution in [-0.2, 0) is 6.54 Å². The fourth-order valence-electron chi connectivity index (χ4n) is 3.54. The number of nitrogens with zero attached hydrogens (tertiary/aromatic N) is 3. The van der Waals surface area contributed by atoms with E-state index in [0.29, 0.717) is 24.3 Å². The molecule has 0 atom stereocenters. The van der Waals surface area contributed by atoms with Crippen LogP contribution >= 0.6 is 24.0 Å². The smallest absolute Gasteiger partial charge is 0.251 e. The van der Waals surface area contributed by atoms with E-state index in [9.17, 15) is 9.18 Å². The molecule has 2 N–H and O–H groups in total. The summed E-state index contributed by atoms with van der Waals surface area (Å²) in [6.07, 6.45) is 0.910. The van der Waals surface area contributed by atoms with Gasteiger partial charge in [0.05, 0.1) is 5.69 Å². The van der Waals surface area contributed by atoms with Crippen molar-refractivity contribution in [2.75, 3.05) is 44.7 Å². The molecule has 0 saturated carbocycles. The molecule has 6 nitrogen and oxygen atoms in total. The molecular formula is C23H31FIN5O. The standard InChI is InChI=1S/C23H30FN5O.HI/c1-3-11-26-22(30)19-8-6-7-18(16-19)17-27-23(25-2)29-14-12-28(13-15-29)21-10-5-4-9-20(21)24;/h4-10,16H,3,11-15,17H2,1-2H3,(H,25,27)(H,26,30);1H. The predicted octanol–water partition coefficient (Wildman–Crippen LogP) is 3.48. The zero-order chi connectivity index (χ0) is 21.3. The van der Waals surface area contributed by atoms with Crippen LogP contribution in [0.2, 0.25) is 0 Å². The van der Waals surface area contributed by atoms with Crippen LogP contribution in [0.3, 0.4) is 0 Å². The molecule has 31 heavy (non-hydrogen) atoms. The number of benzene rings is 2. The minimum atomic E-state index is -0.184. The van der Waals surface area contributed by atoms with E-state index in [1.54, 1.807) is 13.1 Å². The normalized spacial score (nSPS) is 14.1. The third-order valence-corrected chi connectivity index (χ3v) is 5.16. The molecule has 1 fully saturated rings. The highest BCUT2D eigenvalue weighted by Crippen LogP contribution is 2.20. The van der Waals surface area contributed by atoms with Gasteiger partial charge in [-0.25, -0.2) is 4.39 Å². The summed E-state index contributed by atoms with van der Waals surface area (Å²) in [5, 5.41) is 6.28. The van der Waals surface area contributed by atoms with Crippen LogP contribution in [0.25, 0.3) is 0 Å². The number of rotatable bonds is 6. The van der Waals surface area contributed by atoms with Gasteiger partial charge in [-0.3, -0.25) is 9.79 Å². The first-order chi connectivity index (χ1) is 14.6. The molecule has 1 aliphatic rings. The molecule has 1 saturated heterocycles. The van der Waals surface area contributed by atoms with E-state index in [4.69, 9.17) is 0 Å². The summed E-state index contributed by atoms with van der Waals surface area (Å²) in [7, 11) is 1.76. The third-order valence-electron chi connectivity index (χ3n) is 5.16. The van der Waals surface area contributed by atoms with Crippen molar-refractivity contribution in [1.82, 2.24) is 15.5 Å². The van der Waals surface area contributed by atoms with Crippen LogP contribution in [0.4, 0.5) is 10.1 Å². The van der Waals surface area contributed by atoms with Crippen molar-refractivity contribution >= 4 is 41.5 Å². The first-order valence-corrected chi connectivity index (χ1v) is 10.4. The molecule has 0 aromatic heterocycles. The summed E-state index contributed by atoms with van der Waals surface area (Å²) in [6, 6.07) is 14.5. The second kappa shape index (κ2) is 12.5. The fraction of sp³-hybridized carbons (Fsp3) is 0.391. The first kappa shape index (κ1) is 24.9. The van der Waals surface area contributed by atoms with Crippen molar-refractivity contribution in [3.05, 3.63) is 65.5 Å². The van der Waals surface area contributed by atoms with Crippen LogP contribution in [0, 0.1) is 5.82 Å².